The van der Waals surface area contributed by atoms with Crippen molar-refractivity contribution < 1.29 is 57.9 Å². The third-order valence-electron chi connectivity index (χ3n) is 6.56. The maximum absolute atomic E-state index is 12.7. The SMILES string of the molecule is CC(=O)COCCOCCCC(=O)COCCOCCNC(=O)CCC(CC(=O)c1ccc(CN(C)CCC(=O)O)cc1)C(=O)O. The Morgan fingerprint density at radius 2 is 1.43 bits per heavy atom. The van der Waals surface area contributed by atoms with Crippen molar-refractivity contribution in [2.75, 3.05) is 73.0 Å². The van der Waals surface area contributed by atoms with E-state index in [1.54, 1.807) is 31.3 Å². The molecule has 1 rings (SSSR count). The summed E-state index contributed by atoms with van der Waals surface area (Å²) in [6, 6.07) is 6.74. The van der Waals surface area contributed by atoms with Crippen LogP contribution in [0.5, 0.6) is 0 Å². The summed E-state index contributed by atoms with van der Waals surface area (Å²) in [5.74, 6) is -3.84. The van der Waals surface area contributed by atoms with Gasteiger partial charge in [0.25, 0.3) is 0 Å². The number of benzene rings is 1. The minimum absolute atomic E-state index is 0.00372. The van der Waals surface area contributed by atoms with Crippen LogP contribution in [0.4, 0.5) is 0 Å². The Hall–Kier alpha value is -3.56. The van der Waals surface area contributed by atoms with E-state index in [1.807, 2.05) is 4.90 Å². The van der Waals surface area contributed by atoms with Gasteiger partial charge in [0.1, 0.15) is 13.2 Å². The van der Waals surface area contributed by atoms with Gasteiger partial charge in [0.15, 0.2) is 17.3 Å². The first-order valence-electron chi connectivity index (χ1n) is 15.3. The summed E-state index contributed by atoms with van der Waals surface area (Å²) >= 11 is 0. The van der Waals surface area contributed by atoms with E-state index in [4.69, 9.17) is 24.1 Å². The van der Waals surface area contributed by atoms with Crippen LogP contribution in [-0.4, -0.2) is 123 Å². The Bertz CT molecular complexity index is 1090. The Morgan fingerprint density at radius 1 is 0.804 bits per heavy atom. The van der Waals surface area contributed by atoms with Crippen LogP contribution in [0.25, 0.3) is 0 Å². The number of carbonyl (C=O) groups is 6. The highest BCUT2D eigenvalue weighted by atomic mass is 16.5. The second-order valence-electron chi connectivity index (χ2n) is 10.8. The predicted molar refractivity (Wildman–Crippen MR) is 166 cm³/mol. The molecule has 1 aromatic carbocycles. The second-order valence-corrected chi connectivity index (χ2v) is 10.8. The van der Waals surface area contributed by atoms with Crippen LogP contribution in [0.15, 0.2) is 24.3 Å². The molecule has 0 aliphatic rings. The van der Waals surface area contributed by atoms with Crippen LogP contribution in [0.3, 0.4) is 0 Å². The minimum atomic E-state index is -1.15. The number of nitrogens with one attached hydrogen (secondary N) is 1. The van der Waals surface area contributed by atoms with Gasteiger partial charge in [-0.3, -0.25) is 28.8 Å². The summed E-state index contributed by atoms with van der Waals surface area (Å²) in [5, 5.41) is 21.0. The topological polar surface area (TPSA) is 195 Å². The molecular formula is C32H48N2O12. The number of ketones is 3. The molecule has 0 aliphatic heterocycles. The molecule has 0 radical (unpaired) electrons. The van der Waals surface area contributed by atoms with Crippen molar-refractivity contribution >= 4 is 35.2 Å². The zero-order valence-electron chi connectivity index (χ0n) is 26.8. The second kappa shape index (κ2) is 24.6. The number of nitrogens with zero attached hydrogens (tertiary/aromatic N) is 1. The molecule has 1 aromatic rings. The van der Waals surface area contributed by atoms with E-state index in [2.05, 4.69) is 5.32 Å². The first-order valence-corrected chi connectivity index (χ1v) is 15.3. The van der Waals surface area contributed by atoms with Crippen molar-refractivity contribution in [3.63, 3.8) is 0 Å². The molecule has 0 aliphatic carbocycles. The molecular weight excluding hydrogens is 604 g/mol. The average molecular weight is 653 g/mol. The number of carbonyl (C=O) groups excluding carboxylic acids is 4. The predicted octanol–water partition coefficient (Wildman–Crippen LogP) is 1.77. The van der Waals surface area contributed by atoms with E-state index < -0.39 is 17.9 Å². The monoisotopic (exact) mass is 652 g/mol. The standard InChI is InChI=1S/C32H48N2O12/c1-24(35)22-45-18-16-43-14-3-4-28(36)23-46-19-17-44-15-12-33-30(38)10-9-27(32(41)42)20-29(37)26-7-5-25(6-8-26)21-34(2)13-11-31(39)40/h5-8,27H,3-4,9-23H2,1-2H3,(H,33,38)(H,39,40)(H,41,42). The Morgan fingerprint density at radius 3 is 2.07 bits per heavy atom. The summed E-state index contributed by atoms with van der Waals surface area (Å²) in [6.07, 6.45) is 0.610. The molecule has 3 N–H and O–H groups in total. The molecule has 1 amide bonds. The van der Waals surface area contributed by atoms with Crippen LogP contribution >= 0.6 is 0 Å². The van der Waals surface area contributed by atoms with E-state index >= 15 is 0 Å². The minimum Gasteiger partial charge on any atom is -0.481 e. The van der Waals surface area contributed by atoms with Crippen molar-refractivity contribution in [1.29, 1.82) is 0 Å². The van der Waals surface area contributed by atoms with Crippen LogP contribution in [-0.2, 0) is 49.5 Å². The smallest absolute Gasteiger partial charge is 0.306 e. The van der Waals surface area contributed by atoms with Gasteiger partial charge in [-0.05, 0) is 32.4 Å². The van der Waals surface area contributed by atoms with Gasteiger partial charge in [0, 0.05) is 51.1 Å². The number of aliphatic carboxylic acids is 2. The first-order chi connectivity index (χ1) is 22.0. The number of carboxylic acids is 2. The molecule has 0 fully saturated rings. The zero-order valence-corrected chi connectivity index (χ0v) is 26.8. The van der Waals surface area contributed by atoms with E-state index in [-0.39, 0.29) is 88.5 Å². The molecule has 0 bridgehead atoms. The third kappa shape index (κ3) is 21.2. The molecule has 258 valence electrons. The fraction of sp³-hybridized carbons (Fsp3) is 0.625. The van der Waals surface area contributed by atoms with Crippen molar-refractivity contribution in [1.82, 2.24) is 10.2 Å². The molecule has 46 heavy (non-hydrogen) atoms. The van der Waals surface area contributed by atoms with Gasteiger partial charge in [-0.1, -0.05) is 24.3 Å². The highest BCUT2D eigenvalue weighted by Crippen LogP contribution is 2.17. The van der Waals surface area contributed by atoms with Gasteiger partial charge < -0.3 is 39.4 Å². The number of hydrogen-bond acceptors (Lipinski definition) is 11. The van der Waals surface area contributed by atoms with Crippen molar-refractivity contribution in [3.8, 4) is 0 Å². The van der Waals surface area contributed by atoms with Crippen molar-refractivity contribution in [2.45, 2.75) is 52.0 Å². The quantitative estimate of drug-likeness (QED) is 0.0838. The van der Waals surface area contributed by atoms with Crippen molar-refractivity contribution in [2.24, 2.45) is 5.92 Å². The lowest BCUT2D eigenvalue weighted by Gasteiger charge is -2.16. The molecule has 0 heterocycles. The number of hydrogen-bond donors (Lipinski definition) is 3. The van der Waals surface area contributed by atoms with Gasteiger partial charge in [-0.2, -0.15) is 0 Å². The van der Waals surface area contributed by atoms with E-state index in [9.17, 15) is 33.9 Å². The molecule has 0 spiro atoms. The summed E-state index contributed by atoms with van der Waals surface area (Å²) in [5.41, 5.74) is 1.26. The average Bonchev–Trinajstić information content (AvgIpc) is 3.00. The first kappa shape index (κ1) is 40.5. The fourth-order valence-electron chi connectivity index (χ4n) is 4.07. The van der Waals surface area contributed by atoms with Gasteiger partial charge in [-0.15, -0.1) is 0 Å². The van der Waals surface area contributed by atoms with Crippen LogP contribution in [0.1, 0.15) is 61.4 Å². The Labute approximate surface area is 269 Å². The van der Waals surface area contributed by atoms with Crippen LogP contribution in [0, 0.1) is 5.92 Å². The molecule has 0 aromatic heterocycles. The van der Waals surface area contributed by atoms with Crippen LogP contribution < -0.4 is 5.32 Å². The molecule has 1 unspecified atom stereocenters. The lowest BCUT2D eigenvalue weighted by Crippen LogP contribution is -2.29. The normalized spacial score (nSPS) is 11.7. The number of amides is 1. The van der Waals surface area contributed by atoms with E-state index in [0.29, 0.717) is 51.3 Å². The number of carboxylic acid groups (broad SMARTS) is 2. The lowest BCUT2D eigenvalue weighted by atomic mass is 9.93. The maximum atomic E-state index is 12.7. The summed E-state index contributed by atoms with van der Waals surface area (Å²) in [6.45, 7) is 4.34. The van der Waals surface area contributed by atoms with Crippen LogP contribution in [0.2, 0.25) is 0 Å². The van der Waals surface area contributed by atoms with Gasteiger partial charge >= 0.3 is 11.9 Å². The maximum Gasteiger partial charge on any atom is 0.306 e. The molecule has 14 heteroatoms. The summed E-state index contributed by atoms with van der Waals surface area (Å²) < 4.78 is 21.1. The highest BCUT2D eigenvalue weighted by molar-refractivity contribution is 5.98. The van der Waals surface area contributed by atoms with Gasteiger partial charge in [-0.25, -0.2) is 0 Å². The Kier molecular flexibility index (Phi) is 21.7. The molecule has 0 saturated carbocycles. The summed E-state index contributed by atoms with van der Waals surface area (Å²) in [7, 11) is 1.80. The molecule has 0 saturated heterocycles. The molecule has 14 nitrogen and oxygen atoms in total. The van der Waals surface area contributed by atoms with Crippen molar-refractivity contribution in [3.05, 3.63) is 35.4 Å². The largest absolute Gasteiger partial charge is 0.481 e. The fourth-order valence-corrected chi connectivity index (χ4v) is 4.07. The number of rotatable bonds is 29. The third-order valence-corrected chi connectivity index (χ3v) is 6.56. The van der Waals surface area contributed by atoms with E-state index in [0.717, 1.165) is 5.56 Å². The highest BCUT2D eigenvalue weighted by Gasteiger charge is 2.23. The zero-order chi connectivity index (χ0) is 34.2. The summed E-state index contributed by atoms with van der Waals surface area (Å²) in [4.78, 5) is 71.7. The molecule has 1 atom stereocenters. The number of ether oxygens (including phenoxy) is 4. The lowest BCUT2D eigenvalue weighted by molar-refractivity contribution is -0.142. The van der Waals surface area contributed by atoms with E-state index in [1.165, 1.54) is 6.92 Å². The Balaban J connectivity index is 2.15. The number of Topliss-reactive ketones (excluding diaryl/α,β-unsaturated/α-hetero) is 3. The van der Waals surface area contributed by atoms with Gasteiger partial charge in [0.2, 0.25) is 5.91 Å². The van der Waals surface area contributed by atoms with Gasteiger partial charge in [0.05, 0.1) is 45.4 Å².